The van der Waals surface area contributed by atoms with Crippen LogP contribution in [0.4, 0.5) is 0 Å². The molecule has 0 N–H and O–H groups in total. The molecule has 0 bridgehead atoms. The van der Waals surface area contributed by atoms with E-state index in [-0.39, 0.29) is 16.7 Å². The van der Waals surface area contributed by atoms with Gasteiger partial charge in [0.15, 0.2) is 5.16 Å². The first-order valence-electron chi connectivity index (χ1n) is 10.5. The van der Waals surface area contributed by atoms with Gasteiger partial charge in [-0.25, -0.2) is 4.98 Å². The van der Waals surface area contributed by atoms with E-state index in [0.717, 1.165) is 48.9 Å². The van der Waals surface area contributed by atoms with Crippen molar-refractivity contribution in [1.29, 1.82) is 0 Å². The summed E-state index contributed by atoms with van der Waals surface area (Å²) in [7, 11) is 1.78. The second-order valence-corrected chi connectivity index (χ2v) is 10.4. The van der Waals surface area contributed by atoms with Crippen LogP contribution in [0.1, 0.15) is 62.8 Å². The number of amides is 1. The van der Waals surface area contributed by atoms with Crippen molar-refractivity contribution in [2.24, 2.45) is 7.05 Å². The SMILES string of the molecule is CCN(C(=O)C(C)Sc1nc2sc3c(c2c(=O)n1C)CCC3)C1CCCCC1. The van der Waals surface area contributed by atoms with Crippen molar-refractivity contribution < 1.29 is 4.79 Å². The molecule has 0 aromatic carbocycles. The van der Waals surface area contributed by atoms with Crippen LogP contribution < -0.4 is 5.56 Å². The molecule has 152 valence electrons. The zero-order chi connectivity index (χ0) is 19.8. The zero-order valence-corrected chi connectivity index (χ0v) is 18.6. The summed E-state index contributed by atoms with van der Waals surface area (Å²) >= 11 is 3.08. The number of hydrogen-bond acceptors (Lipinski definition) is 5. The lowest BCUT2D eigenvalue weighted by Crippen LogP contribution is -2.44. The summed E-state index contributed by atoms with van der Waals surface area (Å²) in [5, 5.41) is 1.21. The van der Waals surface area contributed by atoms with Crippen LogP contribution in [0.2, 0.25) is 0 Å². The molecule has 1 saturated carbocycles. The maximum absolute atomic E-state index is 13.1. The van der Waals surface area contributed by atoms with Crippen molar-refractivity contribution in [1.82, 2.24) is 14.5 Å². The van der Waals surface area contributed by atoms with Gasteiger partial charge in [0.1, 0.15) is 4.83 Å². The van der Waals surface area contributed by atoms with Gasteiger partial charge < -0.3 is 4.90 Å². The number of thiophene rings is 1. The number of carbonyl (C=O) groups is 1. The molecule has 4 rings (SSSR count). The van der Waals surface area contributed by atoms with E-state index < -0.39 is 0 Å². The highest BCUT2D eigenvalue weighted by Gasteiger charge is 2.29. The summed E-state index contributed by atoms with van der Waals surface area (Å²) < 4.78 is 1.64. The number of rotatable bonds is 5. The van der Waals surface area contributed by atoms with E-state index in [0.29, 0.717) is 11.2 Å². The molecular weight excluding hydrogens is 390 g/mol. The molecule has 1 atom stereocenters. The van der Waals surface area contributed by atoms with E-state index in [1.165, 1.54) is 41.5 Å². The quantitative estimate of drug-likeness (QED) is 0.540. The van der Waals surface area contributed by atoms with E-state index in [1.807, 2.05) is 11.8 Å². The molecule has 1 fully saturated rings. The number of carbonyl (C=O) groups excluding carboxylic acids is 1. The van der Waals surface area contributed by atoms with Crippen LogP contribution in [0.15, 0.2) is 9.95 Å². The molecule has 0 spiro atoms. The number of hydrogen-bond donors (Lipinski definition) is 0. The van der Waals surface area contributed by atoms with Crippen molar-refractivity contribution in [3.63, 3.8) is 0 Å². The minimum absolute atomic E-state index is 0.0335. The van der Waals surface area contributed by atoms with E-state index in [2.05, 4.69) is 6.92 Å². The van der Waals surface area contributed by atoms with E-state index in [9.17, 15) is 9.59 Å². The van der Waals surface area contributed by atoms with Crippen molar-refractivity contribution >= 4 is 39.2 Å². The fraction of sp³-hybridized carbons (Fsp3) is 0.667. The number of fused-ring (bicyclic) bond motifs is 3. The normalized spacial score (nSPS) is 18.4. The lowest BCUT2D eigenvalue weighted by molar-refractivity contribution is -0.133. The largest absolute Gasteiger partial charge is 0.339 e. The average molecular weight is 420 g/mol. The average Bonchev–Trinajstić information content (AvgIpc) is 3.28. The Morgan fingerprint density at radius 1 is 1.29 bits per heavy atom. The number of aryl methyl sites for hydroxylation is 2. The minimum Gasteiger partial charge on any atom is -0.339 e. The Morgan fingerprint density at radius 2 is 2.04 bits per heavy atom. The highest BCUT2D eigenvalue weighted by molar-refractivity contribution is 8.00. The first kappa shape index (κ1) is 20.0. The standard InChI is InChI=1S/C21H29N3O2S2/c1-4-24(14-9-6-5-7-10-14)19(25)13(2)27-21-22-18-17(20(26)23(21)3)15-11-8-12-16(15)28-18/h13-14H,4-12H2,1-3H3. The number of nitrogens with zero attached hydrogens (tertiary/aromatic N) is 3. The second-order valence-electron chi connectivity index (χ2n) is 7.97. The predicted octanol–water partition coefficient (Wildman–Crippen LogP) is 4.15. The van der Waals surface area contributed by atoms with Crippen molar-refractivity contribution in [3.8, 4) is 0 Å². The van der Waals surface area contributed by atoms with Crippen LogP contribution in [0, 0.1) is 0 Å². The molecule has 2 aromatic rings. The highest BCUT2D eigenvalue weighted by Crippen LogP contribution is 2.36. The smallest absolute Gasteiger partial charge is 0.262 e. The Balaban J connectivity index is 1.57. The van der Waals surface area contributed by atoms with Crippen LogP contribution in [0.5, 0.6) is 0 Å². The van der Waals surface area contributed by atoms with Gasteiger partial charge in [-0.2, -0.15) is 0 Å². The second kappa shape index (κ2) is 8.19. The topological polar surface area (TPSA) is 55.2 Å². The summed E-state index contributed by atoms with van der Waals surface area (Å²) in [6, 6.07) is 0.369. The molecule has 0 aliphatic heterocycles. The molecule has 2 aliphatic carbocycles. The molecule has 1 amide bonds. The lowest BCUT2D eigenvalue weighted by Gasteiger charge is -2.35. The Kier molecular flexibility index (Phi) is 5.83. The van der Waals surface area contributed by atoms with Crippen LogP contribution in [0.25, 0.3) is 10.2 Å². The highest BCUT2D eigenvalue weighted by atomic mass is 32.2. The first-order valence-corrected chi connectivity index (χ1v) is 12.2. The summed E-state index contributed by atoms with van der Waals surface area (Å²) in [5.41, 5.74) is 1.24. The molecule has 2 heterocycles. The Labute approximate surface area is 174 Å². The van der Waals surface area contributed by atoms with Crippen molar-refractivity contribution in [2.45, 2.75) is 81.7 Å². The van der Waals surface area contributed by atoms with Crippen molar-refractivity contribution in [2.75, 3.05) is 6.54 Å². The number of aromatic nitrogens is 2. The van der Waals surface area contributed by atoms with Gasteiger partial charge in [-0.15, -0.1) is 11.3 Å². The van der Waals surface area contributed by atoms with Crippen molar-refractivity contribution in [3.05, 3.63) is 20.8 Å². The Bertz CT molecular complexity index is 943. The summed E-state index contributed by atoms with van der Waals surface area (Å²) in [4.78, 5) is 35.1. The van der Waals surface area contributed by atoms with Gasteiger partial charge in [0, 0.05) is 24.5 Å². The molecule has 0 saturated heterocycles. The minimum atomic E-state index is -0.246. The van der Waals surface area contributed by atoms with Gasteiger partial charge >= 0.3 is 0 Å². The van der Waals surface area contributed by atoms with Crippen LogP contribution in [0.3, 0.4) is 0 Å². The maximum atomic E-state index is 13.1. The lowest BCUT2D eigenvalue weighted by atomic mass is 9.94. The van der Waals surface area contributed by atoms with Crippen LogP contribution >= 0.6 is 23.1 Å². The molecule has 2 aliphatic rings. The monoisotopic (exact) mass is 419 g/mol. The molecule has 7 heteroatoms. The van der Waals surface area contributed by atoms with E-state index in [1.54, 1.807) is 23.0 Å². The molecule has 2 aromatic heterocycles. The third-order valence-corrected chi connectivity index (χ3v) is 8.49. The number of thioether (sulfide) groups is 1. The van der Waals surface area contributed by atoms with Gasteiger partial charge in [-0.3, -0.25) is 14.2 Å². The van der Waals surface area contributed by atoms with Gasteiger partial charge in [0.2, 0.25) is 5.91 Å². The van der Waals surface area contributed by atoms with Gasteiger partial charge in [0.25, 0.3) is 5.56 Å². The molecule has 5 nitrogen and oxygen atoms in total. The van der Waals surface area contributed by atoms with Crippen LogP contribution in [-0.2, 0) is 24.7 Å². The third-order valence-electron chi connectivity index (χ3n) is 6.17. The molecule has 28 heavy (non-hydrogen) atoms. The molecule has 1 unspecified atom stereocenters. The van der Waals surface area contributed by atoms with Gasteiger partial charge in [0.05, 0.1) is 10.6 Å². The maximum Gasteiger partial charge on any atom is 0.262 e. The van der Waals surface area contributed by atoms with Gasteiger partial charge in [-0.1, -0.05) is 31.0 Å². The Morgan fingerprint density at radius 3 is 2.75 bits per heavy atom. The molecular formula is C21H29N3O2S2. The molecule has 0 radical (unpaired) electrons. The van der Waals surface area contributed by atoms with E-state index in [4.69, 9.17) is 4.98 Å². The third kappa shape index (κ3) is 3.52. The van der Waals surface area contributed by atoms with Gasteiger partial charge in [-0.05, 0) is 51.5 Å². The fourth-order valence-electron chi connectivity index (χ4n) is 4.64. The first-order chi connectivity index (χ1) is 13.5. The van der Waals surface area contributed by atoms with Crippen LogP contribution in [-0.4, -0.2) is 38.2 Å². The summed E-state index contributed by atoms with van der Waals surface area (Å²) in [6.45, 7) is 4.76. The zero-order valence-electron chi connectivity index (χ0n) is 17.0. The predicted molar refractivity (Wildman–Crippen MR) is 116 cm³/mol. The fourth-order valence-corrected chi connectivity index (χ4v) is 6.89. The Hall–Kier alpha value is -1.34. The van der Waals surface area contributed by atoms with E-state index >= 15 is 0 Å². The summed E-state index contributed by atoms with van der Waals surface area (Å²) in [6.07, 6.45) is 9.11. The summed E-state index contributed by atoms with van der Waals surface area (Å²) in [5.74, 6) is 0.169.